The molecule has 0 spiro atoms. The van der Waals surface area contributed by atoms with Gasteiger partial charge in [0, 0.05) is 29.0 Å². The predicted octanol–water partition coefficient (Wildman–Crippen LogP) is 4.24. The topological polar surface area (TPSA) is 21.3 Å². The van der Waals surface area contributed by atoms with Crippen LogP contribution in [0.25, 0.3) is 0 Å². The molecule has 0 aliphatic carbocycles. The van der Waals surface area contributed by atoms with E-state index in [1.165, 1.54) is 8.66 Å². The first-order chi connectivity index (χ1) is 8.81. The van der Waals surface area contributed by atoms with Crippen molar-refractivity contribution in [3.63, 3.8) is 0 Å². The predicted molar refractivity (Wildman–Crippen MR) is 85.9 cm³/mol. The summed E-state index contributed by atoms with van der Waals surface area (Å²) in [5.74, 6) is 0. The minimum absolute atomic E-state index is 0.158. The van der Waals surface area contributed by atoms with Crippen LogP contribution in [0.1, 0.15) is 39.0 Å². The summed E-state index contributed by atoms with van der Waals surface area (Å²) in [7, 11) is 0. The summed E-state index contributed by atoms with van der Waals surface area (Å²) in [5, 5.41) is 3.68. The number of nitrogens with one attached hydrogen (secondary N) is 1. The average molecular weight is 346 g/mol. The van der Waals surface area contributed by atoms with Gasteiger partial charge in [0.05, 0.1) is 9.89 Å². The molecule has 19 heavy (non-hydrogen) atoms. The van der Waals surface area contributed by atoms with Gasteiger partial charge in [-0.1, -0.05) is 0 Å². The van der Waals surface area contributed by atoms with E-state index >= 15 is 0 Å². The summed E-state index contributed by atoms with van der Waals surface area (Å²) in [6.07, 6.45) is 2.57. The SMILES string of the molecule is CC1OCCC1(CNC(C)(C)C)Cc1ccc(Br)s1. The molecule has 4 heteroatoms. The third-order valence-corrected chi connectivity index (χ3v) is 5.58. The van der Waals surface area contributed by atoms with Crippen LogP contribution in [0.2, 0.25) is 0 Å². The Labute approximate surface area is 129 Å². The minimum atomic E-state index is 0.158. The van der Waals surface area contributed by atoms with Gasteiger partial charge in [-0.05, 0) is 68.6 Å². The molecular weight excluding hydrogens is 322 g/mol. The molecule has 2 atom stereocenters. The van der Waals surface area contributed by atoms with Crippen molar-refractivity contribution in [2.45, 2.75) is 52.2 Å². The maximum Gasteiger partial charge on any atom is 0.0701 e. The van der Waals surface area contributed by atoms with E-state index < -0.39 is 0 Å². The quantitative estimate of drug-likeness (QED) is 0.881. The first kappa shape index (κ1) is 15.5. The lowest BCUT2D eigenvalue weighted by Gasteiger charge is -2.35. The van der Waals surface area contributed by atoms with E-state index in [1.54, 1.807) is 0 Å². The van der Waals surface area contributed by atoms with Crippen molar-refractivity contribution in [1.82, 2.24) is 5.32 Å². The molecule has 1 aliphatic heterocycles. The molecule has 1 saturated heterocycles. The standard InChI is InChI=1S/C15H24BrNOS/c1-11-15(7-8-18-11,10-17-14(2,3)4)9-12-5-6-13(16)19-12/h5-6,11,17H,7-10H2,1-4H3. The van der Waals surface area contributed by atoms with Gasteiger partial charge < -0.3 is 10.1 Å². The van der Waals surface area contributed by atoms with Crippen LogP contribution in [-0.2, 0) is 11.2 Å². The van der Waals surface area contributed by atoms with Crippen LogP contribution in [0, 0.1) is 5.41 Å². The van der Waals surface area contributed by atoms with Crippen molar-refractivity contribution in [2.75, 3.05) is 13.2 Å². The van der Waals surface area contributed by atoms with Crippen molar-refractivity contribution >= 4 is 27.3 Å². The lowest BCUT2D eigenvalue weighted by molar-refractivity contribution is 0.0602. The fraction of sp³-hybridized carbons (Fsp3) is 0.733. The molecule has 2 nitrogen and oxygen atoms in total. The molecule has 1 aromatic heterocycles. The zero-order chi connectivity index (χ0) is 14.1. The van der Waals surface area contributed by atoms with E-state index in [0.717, 1.165) is 26.0 Å². The monoisotopic (exact) mass is 345 g/mol. The van der Waals surface area contributed by atoms with E-state index in [2.05, 4.69) is 61.1 Å². The van der Waals surface area contributed by atoms with Gasteiger partial charge in [0.25, 0.3) is 0 Å². The zero-order valence-corrected chi connectivity index (χ0v) is 14.7. The molecule has 0 saturated carbocycles. The molecule has 1 aliphatic rings. The summed E-state index contributed by atoms with van der Waals surface area (Å²) < 4.78 is 7.08. The second-order valence-corrected chi connectivity index (χ2v) is 9.16. The second kappa shape index (κ2) is 5.84. The van der Waals surface area contributed by atoms with Crippen molar-refractivity contribution in [2.24, 2.45) is 5.41 Å². The van der Waals surface area contributed by atoms with Crippen LogP contribution in [0.4, 0.5) is 0 Å². The first-order valence-corrected chi connectivity index (χ1v) is 8.53. The molecule has 1 aromatic rings. The number of hydrogen-bond donors (Lipinski definition) is 1. The number of thiophene rings is 1. The van der Waals surface area contributed by atoms with Gasteiger partial charge in [0.2, 0.25) is 0 Å². The van der Waals surface area contributed by atoms with Gasteiger partial charge in [-0.2, -0.15) is 0 Å². The van der Waals surface area contributed by atoms with E-state index in [1.807, 2.05) is 11.3 Å². The average Bonchev–Trinajstić information content (AvgIpc) is 2.84. The molecule has 1 N–H and O–H groups in total. The summed E-state index contributed by atoms with van der Waals surface area (Å²) in [6.45, 7) is 10.8. The zero-order valence-electron chi connectivity index (χ0n) is 12.3. The highest BCUT2D eigenvalue weighted by Gasteiger charge is 2.42. The molecule has 2 rings (SSSR count). The van der Waals surface area contributed by atoms with Crippen molar-refractivity contribution < 1.29 is 4.74 Å². The highest BCUT2D eigenvalue weighted by molar-refractivity contribution is 9.11. The van der Waals surface area contributed by atoms with E-state index in [-0.39, 0.29) is 11.0 Å². The fourth-order valence-electron chi connectivity index (χ4n) is 2.58. The van der Waals surface area contributed by atoms with Gasteiger partial charge in [-0.3, -0.25) is 0 Å². The summed E-state index contributed by atoms with van der Waals surface area (Å²) in [4.78, 5) is 1.44. The van der Waals surface area contributed by atoms with Crippen LogP contribution < -0.4 is 5.32 Å². The molecule has 108 valence electrons. The molecule has 2 heterocycles. The Morgan fingerprint density at radius 3 is 2.68 bits per heavy atom. The van der Waals surface area contributed by atoms with E-state index in [0.29, 0.717) is 6.10 Å². The highest BCUT2D eigenvalue weighted by atomic mass is 79.9. The van der Waals surface area contributed by atoms with Crippen LogP contribution in [-0.4, -0.2) is 24.8 Å². The largest absolute Gasteiger partial charge is 0.378 e. The minimum Gasteiger partial charge on any atom is -0.378 e. The Morgan fingerprint density at radius 1 is 1.47 bits per heavy atom. The fourth-order valence-corrected chi connectivity index (χ4v) is 4.22. The highest BCUT2D eigenvalue weighted by Crippen LogP contribution is 2.40. The molecule has 1 fully saturated rings. The van der Waals surface area contributed by atoms with Crippen molar-refractivity contribution in [1.29, 1.82) is 0 Å². The molecule has 0 aromatic carbocycles. The van der Waals surface area contributed by atoms with Gasteiger partial charge in [0.1, 0.15) is 0 Å². The molecule has 0 radical (unpaired) electrons. The normalized spacial score (nSPS) is 27.9. The number of ether oxygens (including phenoxy) is 1. The lowest BCUT2D eigenvalue weighted by Crippen LogP contribution is -2.47. The molecular formula is C15H24BrNOS. The molecule has 2 unspecified atom stereocenters. The van der Waals surface area contributed by atoms with Gasteiger partial charge in [-0.25, -0.2) is 0 Å². The van der Waals surface area contributed by atoms with Gasteiger partial charge in [0.15, 0.2) is 0 Å². The van der Waals surface area contributed by atoms with Gasteiger partial charge >= 0.3 is 0 Å². The third-order valence-electron chi connectivity index (χ3n) is 3.96. The molecule has 0 bridgehead atoms. The maximum absolute atomic E-state index is 5.87. The van der Waals surface area contributed by atoms with E-state index in [9.17, 15) is 0 Å². The van der Waals surface area contributed by atoms with Crippen molar-refractivity contribution in [3.8, 4) is 0 Å². The second-order valence-electron chi connectivity index (χ2n) is 6.61. The number of rotatable bonds is 4. The van der Waals surface area contributed by atoms with Crippen LogP contribution in [0.15, 0.2) is 15.9 Å². The first-order valence-electron chi connectivity index (χ1n) is 6.92. The smallest absolute Gasteiger partial charge is 0.0701 e. The Kier molecular flexibility index (Phi) is 4.76. The van der Waals surface area contributed by atoms with Gasteiger partial charge in [-0.15, -0.1) is 11.3 Å². The van der Waals surface area contributed by atoms with E-state index in [4.69, 9.17) is 4.74 Å². The summed E-state index contributed by atoms with van der Waals surface area (Å²) >= 11 is 5.40. The lowest BCUT2D eigenvalue weighted by atomic mass is 9.77. The molecule has 0 amide bonds. The van der Waals surface area contributed by atoms with Crippen LogP contribution in [0.5, 0.6) is 0 Å². The number of halogens is 1. The van der Waals surface area contributed by atoms with Crippen LogP contribution in [0.3, 0.4) is 0 Å². The summed E-state index contributed by atoms with van der Waals surface area (Å²) in [5.41, 5.74) is 0.392. The maximum atomic E-state index is 5.87. The third kappa shape index (κ3) is 4.03. The Morgan fingerprint density at radius 2 is 2.21 bits per heavy atom. The Hall–Kier alpha value is 0.1000. The van der Waals surface area contributed by atoms with Crippen molar-refractivity contribution in [3.05, 3.63) is 20.8 Å². The number of hydrogen-bond acceptors (Lipinski definition) is 3. The summed E-state index contributed by atoms with van der Waals surface area (Å²) in [6, 6.07) is 4.38. The van der Waals surface area contributed by atoms with Crippen LogP contribution >= 0.6 is 27.3 Å². The Bertz CT molecular complexity index is 426. The Balaban J connectivity index is 2.11.